The van der Waals surface area contributed by atoms with E-state index in [2.05, 4.69) is 227 Å². The maximum atomic E-state index is 5.03. The zero-order valence-electron chi connectivity index (χ0n) is 79.7. The summed E-state index contributed by atoms with van der Waals surface area (Å²) >= 11 is 4.86. The number of para-hydroxylation sites is 2. The molecule has 0 unspecified atom stereocenters. The van der Waals surface area contributed by atoms with E-state index in [9.17, 15) is 0 Å². The molecule has 11 aromatic carbocycles. The number of rotatable bonds is 13. The molecule has 20 aromatic rings. The molecule has 142 heavy (non-hydrogen) atoms. The molecule has 0 saturated carbocycles. The van der Waals surface area contributed by atoms with E-state index in [0.29, 0.717) is 0 Å². The molecule has 0 N–H and O–H groups in total. The Morgan fingerprint density at radius 3 is 1.20 bits per heavy atom. The summed E-state index contributed by atoms with van der Waals surface area (Å²) in [6.07, 6.45) is 8.74. The number of aryl methyl sites for hydroxylation is 9. The van der Waals surface area contributed by atoms with Crippen molar-refractivity contribution in [1.29, 1.82) is 0 Å². The molecule has 0 saturated heterocycles. The first-order chi connectivity index (χ1) is 68.2. The van der Waals surface area contributed by atoms with Crippen molar-refractivity contribution in [3.8, 4) is 112 Å². The minimum Gasteiger partial charge on any atom is -0.309 e. The van der Waals surface area contributed by atoms with E-state index < -0.39 is 0 Å². The average Bonchev–Trinajstić information content (AvgIpc) is 0.872. The number of thiophene rings is 1. The minimum absolute atomic E-state index is 0. The Morgan fingerprint density at radius 2 is 0.739 bits per heavy atom. The smallest absolute Gasteiger partial charge is 0.309 e. The predicted octanol–water partition coefficient (Wildman–Crippen LogP) is 32.2. The van der Waals surface area contributed by atoms with Crippen molar-refractivity contribution in [2.45, 2.75) is 81.6 Å². The molecule has 9 aromatic heterocycles. The molecule has 0 aliphatic heterocycles. The standard InChI is InChI=1S/C34H31N2.C21H17N2.C19H15N2.C18H15N2.C14H9N2S.3C6H5.2ClH.5Pt/c1-21-14-23(3)33(24(4)15-21)28-12-13-30(35-20-28)32-19-29(34-25(5)16-22(2)17-26(34)6)18-31(36-32)27-10-8-7-9-11-27;1-3-8-16(9-4-1)19-15-14-17-10-7-13-20(21(17)23-19)22-18-11-5-2-6-12-18;1-15(20-17-11-6-3-7-12-17)18-13-8-14-19(21-18)16-9-4-2-5-10-16;1-13-10-14(2)12-15(11-13)16-7-5-8-18(20-16)17-6-3-4-9-19-17;1-2-9-15-11(5-1)12-6-3-7-13(16-12)14-8-4-10-17-14;3*1-2-4-6-5-3-1;;;;;;;/h7-10,12-20H,1-6H3;1-6,8,11-12,14-15H,7,10,13H2;2-9,11-14H,1H3;3-11H,1-2H3;1-7,9-10H;3*1-5H;2*1H;;;;;/q8*-1;;;5*+2/p-2. The van der Waals surface area contributed by atoms with Crippen LogP contribution in [0.3, 0.4) is 0 Å². The van der Waals surface area contributed by atoms with Gasteiger partial charge in [-0.25, -0.2) is 11.3 Å². The fraction of sp³-hybridized carbons (Fsp3) is 0.0968. The molecule has 0 fully saturated rings. The van der Waals surface area contributed by atoms with Crippen molar-refractivity contribution >= 4 is 53.0 Å². The maximum Gasteiger partial charge on any atom is 2.00 e. The average molecular weight is 2810 g/mol. The molecule has 0 bridgehead atoms. The number of aliphatic imine (C=N–C) groups is 2. The maximum absolute atomic E-state index is 5.03. The summed E-state index contributed by atoms with van der Waals surface area (Å²) in [6.45, 7) is 19.1. The molecule has 9 heterocycles. The molecule has 1 aliphatic rings. The fourth-order valence-corrected chi connectivity index (χ4v) is 16.1. The monoisotopic (exact) mass is 2810 g/mol. The Morgan fingerprint density at radius 1 is 0.324 bits per heavy atom. The van der Waals surface area contributed by atoms with Gasteiger partial charge >= 0.3 is 120 Å². The predicted molar refractivity (Wildman–Crippen MR) is 570 cm³/mol. The van der Waals surface area contributed by atoms with Crippen LogP contribution in [0, 0.1) is 104 Å². The second kappa shape index (κ2) is 62.2. The summed E-state index contributed by atoms with van der Waals surface area (Å²) in [4.78, 5) is 47.9. The Kier molecular flexibility index (Phi) is 49.6. The third kappa shape index (κ3) is 35.7. The van der Waals surface area contributed by atoms with Crippen LogP contribution in [0.2, 0.25) is 0 Å². The van der Waals surface area contributed by atoms with Gasteiger partial charge in [0.15, 0.2) is 0 Å². The van der Waals surface area contributed by atoms with Crippen LogP contribution >= 0.6 is 30.2 Å². The molecule has 10 nitrogen and oxygen atoms in total. The van der Waals surface area contributed by atoms with Gasteiger partial charge in [0.05, 0.1) is 68.3 Å². The van der Waals surface area contributed by atoms with Gasteiger partial charge in [-0.15, -0.1) is 148 Å². The molecule has 0 atom stereocenters. The summed E-state index contributed by atoms with van der Waals surface area (Å²) in [6, 6.07) is 155. The molecule has 0 spiro atoms. The summed E-state index contributed by atoms with van der Waals surface area (Å²) in [7, 11) is 9.22. The Balaban J connectivity index is 0.000000190. The van der Waals surface area contributed by atoms with Crippen molar-refractivity contribution < 1.29 is 101 Å². The van der Waals surface area contributed by atoms with E-state index in [1.165, 1.54) is 55.6 Å². The van der Waals surface area contributed by atoms with E-state index >= 15 is 0 Å². The van der Waals surface area contributed by atoms with Gasteiger partial charge in [-0.3, -0.25) is 44.9 Å². The zero-order chi connectivity index (χ0) is 97.6. The normalized spacial score (nSPS) is 10.8. The van der Waals surface area contributed by atoms with Crippen LogP contribution in [0.25, 0.3) is 112 Å². The van der Waals surface area contributed by atoms with E-state index in [1.807, 2.05) is 334 Å². The van der Waals surface area contributed by atoms with Gasteiger partial charge in [-0.2, -0.15) is 121 Å². The second-order valence-electron chi connectivity index (χ2n) is 32.0. The van der Waals surface area contributed by atoms with E-state index in [0.717, 1.165) is 160 Å². The third-order valence-corrected chi connectivity index (χ3v) is 22.2. The number of hydrogen-bond donors (Lipinski definition) is 0. The van der Waals surface area contributed by atoms with Gasteiger partial charge in [-0.05, 0) is 220 Å². The molecular formula is C124H102Cl2N10Pt5S. The van der Waals surface area contributed by atoms with Gasteiger partial charge in [0, 0.05) is 24.2 Å². The summed E-state index contributed by atoms with van der Waals surface area (Å²) in [5, 5.41) is 2.00. The molecule has 718 valence electrons. The number of benzene rings is 11. The minimum atomic E-state index is 0. The van der Waals surface area contributed by atoms with Crippen molar-refractivity contribution in [2.75, 3.05) is 0 Å². The Labute approximate surface area is 916 Å². The van der Waals surface area contributed by atoms with Gasteiger partial charge in [0.25, 0.3) is 0 Å². The number of nitrogens with zero attached hydrogens (tertiary/aromatic N) is 10. The first-order valence-corrected chi connectivity index (χ1v) is 51.7. The van der Waals surface area contributed by atoms with Crippen molar-refractivity contribution in [3.63, 3.8) is 0 Å². The summed E-state index contributed by atoms with van der Waals surface area (Å²) in [5.74, 6) is 0. The molecule has 0 radical (unpaired) electrons. The Bertz CT molecular complexity index is 6920. The van der Waals surface area contributed by atoms with Crippen molar-refractivity contribution in [2.24, 2.45) is 9.98 Å². The fourth-order valence-electron chi connectivity index (χ4n) is 15.4. The first kappa shape index (κ1) is 113. The van der Waals surface area contributed by atoms with Crippen LogP contribution in [0.15, 0.2) is 428 Å². The van der Waals surface area contributed by atoms with Crippen LogP contribution < -0.4 is 0 Å². The van der Waals surface area contributed by atoms with Crippen LogP contribution in [0.5, 0.6) is 0 Å². The second-order valence-corrected chi connectivity index (χ2v) is 32.9. The topological polar surface area (TPSA) is 128 Å². The third-order valence-electron chi connectivity index (χ3n) is 21.3. The molecule has 18 heteroatoms. The van der Waals surface area contributed by atoms with E-state index in [-0.39, 0.29) is 63.2 Å². The summed E-state index contributed by atoms with van der Waals surface area (Å²) < 4.78 is 0. The largest absolute Gasteiger partial charge is 2.00 e. The number of halogens is 2. The van der Waals surface area contributed by atoms with Crippen LogP contribution in [0.1, 0.15) is 81.2 Å². The van der Waals surface area contributed by atoms with Crippen molar-refractivity contribution in [1.82, 2.24) is 39.9 Å². The van der Waals surface area contributed by atoms with Gasteiger partial charge in [0.1, 0.15) is 0 Å². The SMILES string of the molecule is CC(=Nc1ccccc1)c1cccc(-c2[c-]cccc2)n1.Cc1[c-]c(-c2cccc(-c3ccccn3)n2)cc(C)c1.Cc1cc(C)c(-c2ccc(-c3cc(-c4c(C)cc(C)cc4C)cc(-c4[c-]cccc4)n3)nc2)c(C)c1.[Cl][Pt+].[Cl][Pt+].[Pt+2].[Pt+2].[Pt+2].[c-]1ccccc1.[c-]1ccccc1.[c-]1ccccc1.[c-]1ccccc1-c1ccc2c(n1)C(=Nc1ccccc1)CCC2.[c-]1ccsc1-c1cccc(-c2ccccn2)n1. The number of fused-ring (bicyclic) bond motifs is 1. The molecule has 1 aliphatic carbocycles. The number of aromatic nitrogens is 8. The number of pyridine rings is 8. The van der Waals surface area contributed by atoms with Crippen LogP contribution in [0.4, 0.5) is 11.4 Å². The molecule has 21 rings (SSSR count). The number of hydrogen-bond acceptors (Lipinski definition) is 11. The van der Waals surface area contributed by atoms with E-state index in [1.54, 1.807) is 61.3 Å². The zero-order valence-corrected chi connectivity index (χ0v) is 93.4. The van der Waals surface area contributed by atoms with Gasteiger partial charge < -0.3 is 4.98 Å². The van der Waals surface area contributed by atoms with E-state index in [4.69, 9.17) is 24.9 Å². The molecular weight excluding hydrogens is 2710 g/mol. The first-order valence-electron chi connectivity index (χ1n) is 45.2. The van der Waals surface area contributed by atoms with Gasteiger partial charge in [0.2, 0.25) is 0 Å². The quantitative estimate of drug-likeness (QED) is 0.0825. The van der Waals surface area contributed by atoms with Crippen LogP contribution in [-0.2, 0) is 107 Å². The Hall–Kier alpha value is -12.3. The van der Waals surface area contributed by atoms with Gasteiger partial charge in [-0.1, -0.05) is 163 Å². The van der Waals surface area contributed by atoms with Crippen LogP contribution in [-0.4, -0.2) is 51.3 Å². The van der Waals surface area contributed by atoms with Crippen molar-refractivity contribution in [3.05, 3.63) is 528 Å². The molecule has 0 amide bonds. The summed E-state index contributed by atoms with van der Waals surface area (Å²) in [5.41, 5.74) is 35.9.